The molecule has 0 radical (unpaired) electrons. The van der Waals surface area contributed by atoms with Crippen molar-refractivity contribution in [2.45, 2.75) is 63.0 Å². The van der Waals surface area contributed by atoms with Crippen LogP contribution in [0, 0.1) is 5.92 Å². The summed E-state index contributed by atoms with van der Waals surface area (Å²) in [7, 11) is 0. The van der Waals surface area contributed by atoms with E-state index in [0.29, 0.717) is 24.8 Å². The number of aliphatic hydroxyl groups is 1. The second-order valence-electron chi connectivity index (χ2n) is 8.25. The molecule has 1 heterocycles. The first-order chi connectivity index (χ1) is 12.0. The van der Waals surface area contributed by atoms with E-state index >= 15 is 0 Å². The van der Waals surface area contributed by atoms with Crippen LogP contribution in [-0.2, 0) is 11.8 Å². The Morgan fingerprint density at radius 3 is 2.88 bits per heavy atom. The average Bonchev–Trinajstić information content (AvgIpc) is 2.56. The number of hydrogen-bond acceptors (Lipinski definition) is 4. The first kappa shape index (κ1) is 16.9. The molecule has 25 heavy (non-hydrogen) atoms. The number of hydrogen-bond donors (Lipinski definition) is 2. The van der Waals surface area contributed by atoms with E-state index in [9.17, 15) is 9.90 Å². The quantitative estimate of drug-likeness (QED) is 0.821. The van der Waals surface area contributed by atoms with Gasteiger partial charge in [-0.1, -0.05) is 32.3 Å². The van der Waals surface area contributed by atoms with Crippen LogP contribution in [-0.4, -0.2) is 41.3 Å². The van der Waals surface area contributed by atoms with E-state index in [2.05, 4.69) is 13.0 Å². The maximum absolute atomic E-state index is 12.1. The molecule has 3 N–H and O–H groups in total. The molecule has 0 spiro atoms. The third-order valence-corrected chi connectivity index (χ3v) is 6.52. The molecular formula is C20H28N2O3. The fourth-order valence-corrected chi connectivity index (χ4v) is 4.87. The van der Waals surface area contributed by atoms with Crippen molar-refractivity contribution in [3.63, 3.8) is 0 Å². The van der Waals surface area contributed by atoms with Gasteiger partial charge >= 0.3 is 6.09 Å². The van der Waals surface area contributed by atoms with Gasteiger partial charge in [-0.3, -0.25) is 0 Å². The van der Waals surface area contributed by atoms with Crippen LogP contribution in [0.4, 0.5) is 4.79 Å². The summed E-state index contributed by atoms with van der Waals surface area (Å²) in [6.07, 6.45) is 6.29. The molecule has 5 nitrogen and oxygen atoms in total. The molecule has 1 amide bonds. The minimum Gasteiger partial charge on any atom is -0.410 e. The minimum absolute atomic E-state index is 0.0476. The van der Waals surface area contributed by atoms with Crippen LogP contribution >= 0.6 is 0 Å². The third kappa shape index (κ3) is 2.93. The molecule has 0 unspecified atom stereocenters. The highest BCUT2D eigenvalue weighted by molar-refractivity contribution is 5.72. The highest BCUT2D eigenvalue weighted by atomic mass is 16.6. The number of fused-ring (bicyclic) bond motifs is 4. The molecule has 5 heteroatoms. The number of aliphatic hydroxyl groups excluding tert-OH is 1. The van der Waals surface area contributed by atoms with Gasteiger partial charge in [-0.2, -0.15) is 0 Å². The fourth-order valence-electron chi connectivity index (χ4n) is 4.87. The van der Waals surface area contributed by atoms with Crippen LogP contribution in [0.1, 0.15) is 50.2 Å². The lowest BCUT2D eigenvalue weighted by Gasteiger charge is -2.47. The summed E-state index contributed by atoms with van der Waals surface area (Å²) in [6, 6.07) is 6.20. The van der Waals surface area contributed by atoms with Gasteiger partial charge in [0.1, 0.15) is 5.75 Å². The predicted octanol–water partition coefficient (Wildman–Crippen LogP) is 2.58. The number of rotatable bonds is 1. The second kappa shape index (κ2) is 6.29. The van der Waals surface area contributed by atoms with Crippen LogP contribution in [0.3, 0.4) is 0 Å². The maximum Gasteiger partial charge on any atom is 0.415 e. The van der Waals surface area contributed by atoms with Crippen molar-refractivity contribution in [1.29, 1.82) is 0 Å². The average molecular weight is 344 g/mol. The molecule has 136 valence electrons. The standard InChI is InChI=1S/C20H28N2O3/c1-20-8-4-2-3-5-14(18(20)21)9-13-6-7-16(10-17(13)20)25-19(24)22-11-15(23)12-22/h6-7,10,14-15,18,23H,2-5,8-9,11-12,21H2,1H3/t14-,18-,20+/m0/s1. The Balaban J connectivity index is 1.60. The molecule has 4 rings (SSSR count). The molecular weight excluding hydrogens is 316 g/mol. The molecule has 3 atom stereocenters. The molecule has 0 aromatic heterocycles. The van der Waals surface area contributed by atoms with Crippen LogP contribution in [0.2, 0.25) is 0 Å². The Morgan fingerprint density at radius 1 is 1.32 bits per heavy atom. The Hall–Kier alpha value is -1.59. The van der Waals surface area contributed by atoms with Crippen molar-refractivity contribution in [1.82, 2.24) is 4.90 Å². The molecule has 1 aromatic rings. The molecule has 2 bridgehead atoms. The monoisotopic (exact) mass is 344 g/mol. The number of carbonyl (C=O) groups is 1. The van der Waals surface area contributed by atoms with E-state index in [-0.39, 0.29) is 17.6 Å². The summed E-state index contributed by atoms with van der Waals surface area (Å²) in [4.78, 5) is 13.7. The van der Waals surface area contributed by atoms with Crippen LogP contribution < -0.4 is 10.5 Å². The number of ether oxygens (including phenoxy) is 1. The maximum atomic E-state index is 12.1. The number of carbonyl (C=O) groups excluding carboxylic acids is 1. The lowest BCUT2D eigenvalue weighted by molar-refractivity contribution is 0.0126. The van der Waals surface area contributed by atoms with Crippen molar-refractivity contribution in [2.24, 2.45) is 11.7 Å². The van der Waals surface area contributed by atoms with E-state index in [1.165, 1.54) is 41.7 Å². The van der Waals surface area contributed by atoms with Crippen LogP contribution in [0.15, 0.2) is 18.2 Å². The smallest absolute Gasteiger partial charge is 0.410 e. The summed E-state index contributed by atoms with van der Waals surface area (Å²) in [6.45, 7) is 2.99. The molecule has 1 saturated heterocycles. The van der Waals surface area contributed by atoms with Gasteiger partial charge in [-0.25, -0.2) is 4.79 Å². The van der Waals surface area contributed by atoms with Crippen molar-refractivity contribution in [2.75, 3.05) is 13.1 Å². The topological polar surface area (TPSA) is 75.8 Å². The number of β-amino-alcohol motifs (C(OH)–C–C–N with tert-alkyl or cyclic N) is 1. The Morgan fingerprint density at radius 2 is 2.12 bits per heavy atom. The molecule has 3 aliphatic rings. The van der Waals surface area contributed by atoms with Gasteiger partial charge in [0.05, 0.1) is 19.2 Å². The summed E-state index contributed by atoms with van der Waals surface area (Å²) in [5.41, 5.74) is 9.27. The Kier molecular flexibility index (Phi) is 4.24. The number of benzene rings is 1. The lowest BCUT2D eigenvalue weighted by atomic mass is 9.60. The van der Waals surface area contributed by atoms with E-state index < -0.39 is 6.10 Å². The normalized spacial score (nSPS) is 32.2. The van der Waals surface area contributed by atoms with Gasteiger partial charge in [-0.05, 0) is 48.4 Å². The molecule has 1 saturated carbocycles. The number of amides is 1. The van der Waals surface area contributed by atoms with Crippen LogP contribution in [0.25, 0.3) is 0 Å². The third-order valence-electron chi connectivity index (χ3n) is 6.52. The molecule has 1 aromatic carbocycles. The lowest BCUT2D eigenvalue weighted by Crippen LogP contribution is -2.54. The Bertz CT molecular complexity index is 671. The molecule has 2 fully saturated rings. The Labute approximate surface area is 149 Å². The zero-order valence-electron chi connectivity index (χ0n) is 14.9. The first-order valence-electron chi connectivity index (χ1n) is 9.51. The van der Waals surface area contributed by atoms with Crippen molar-refractivity contribution in [3.05, 3.63) is 29.3 Å². The van der Waals surface area contributed by atoms with Gasteiger partial charge < -0.3 is 20.5 Å². The van der Waals surface area contributed by atoms with E-state index in [0.717, 1.165) is 12.8 Å². The van der Waals surface area contributed by atoms with Gasteiger partial charge in [0, 0.05) is 11.5 Å². The van der Waals surface area contributed by atoms with Gasteiger partial charge in [-0.15, -0.1) is 0 Å². The number of likely N-dealkylation sites (tertiary alicyclic amines) is 1. The summed E-state index contributed by atoms with van der Waals surface area (Å²) >= 11 is 0. The number of nitrogens with zero attached hydrogens (tertiary/aromatic N) is 1. The van der Waals surface area contributed by atoms with Crippen molar-refractivity contribution in [3.8, 4) is 5.75 Å². The first-order valence-corrected chi connectivity index (χ1v) is 9.51. The SMILES string of the molecule is C[C@@]12CCCCC[C@@H](Cc3ccc(OC(=O)N4CC(O)C4)cc31)[C@@H]2N. The summed E-state index contributed by atoms with van der Waals surface area (Å²) in [5, 5.41) is 9.34. The molecule has 2 aliphatic carbocycles. The highest BCUT2D eigenvalue weighted by Gasteiger charge is 2.44. The van der Waals surface area contributed by atoms with E-state index in [1.807, 2.05) is 12.1 Å². The minimum atomic E-state index is -0.417. The van der Waals surface area contributed by atoms with Crippen molar-refractivity contribution >= 4 is 6.09 Å². The van der Waals surface area contributed by atoms with Gasteiger partial charge in [0.15, 0.2) is 0 Å². The fraction of sp³-hybridized carbons (Fsp3) is 0.650. The highest BCUT2D eigenvalue weighted by Crippen LogP contribution is 2.46. The zero-order valence-corrected chi connectivity index (χ0v) is 14.9. The number of nitrogens with two attached hydrogens (primary N) is 1. The zero-order chi connectivity index (χ0) is 17.6. The largest absolute Gasteiger partial charge is 0.415 e. The van der Waals surface area contributed by atoms with Gasteiger partial charge in [0.2, 0.25) is 0 Å². The van der Waals surface area contributed by atoms with Crippen LogP contribution in [0.5, 0.6) is 5.75 Å². The van der Waals surface area contributed by atoms with Gasteiger partial charge in [0.25, 0.3) is 0 Å². The molecule has 1 aliphatic heterocycles. The predicted molar refractivity (Wildman–Crippen MR) is 95.7 cm³/mol. The summed E-state index contributed by atoms with van der Waals surface area (Å²) in [5.74, 6) is 1.13. The van der Waals surface area contributed by atoms with E-state index in [1.54, 1.807) is 0 Å². The summed E-state index contributed by atoms with van der Waals surface area (Å²) < 4.78 is 5.54. The van der Waals surface area contributed by atoms with Crippen molar-refractivity contribution < 1.29 is 14.6 Å². The van der Waals surface area contributed by atoms with E-state index in [4.69, 9.17) is 10.5 Å². The second-order valence-corrected chi connectivity index (χ2v) is 8.25.